The molecule has 8 heteroatoms. The van der Waals surface area contributed by atoms with E-state index >= 15 is 0 Å². The maximum absolute atomic E-state index is 13.9. The van der Waals surface area contributed by atoms with Crippen molar-refractivity contribution in [2.75, 3.05) is 13.2 Å². The monoisotopic (exact) mass is 618 g/mol. The molecule has 6 fully saturated rings. The molecular formula is C36H58O8. The molecule has 1 aliphatic heterocycles. The number of aliphatic hydroxyl groups is 1. The first kappa shape index (κ1) is 35.4. The van der Waals surface area contributed by atoms with Crippen LogP contribution in [0.4, 0.5) is 0 Å². The summed E-state index contributed by atoms with van der Waals surface area (Å²) in [6.07, 6.45) is 9.07. The van der Waals surface area contributed by atoms with Crippen LogP contribution < -0.4 is 0 Å². The first-order chi connectivity index (χ1) is 20.8. The number of aliphatic hydroxyl groups excluding tert-OH is 1. The minimum Gasteiger partial charge on any atom is -0.394 e. The van der Waals surface area contributed by atoms with Crippen molar-refractivity contribution in [3.05, 3.63) is 0 Å². The highest BCUT2D eigenvalue weighted by Gasteiger charge is 2.81. The van der Waals surface area contributed by atoms with Gasteiger partial charge in [-0.05, 0) is 104 Å². The van der Waals surface area contributed by atoms with Crippen LogP contribution in [-0.2, 0) is 33.4 Å². The molecule has 1 saturated heterocycles. The van der Waals surface area contributed by atoms with Gasteiger partial charge < -0.3 is 24.1 Å². The second-order valence-electron chi connectivity index (χ2n) is 15.4. The number of fused-ring (bicyclic) bond motifs is 4. The fraction of sp³-hybridized carbons (Fsp3) is 0.889. The van der Waals surface area contributed by atoms with Crippen molar-refractivity contribution in [1.82, 2.24) is 0 Å². The number of ketones is 2. The predicted molar refractivity (Wildman–Crippen MR) is 167 cm³/mol. The van der Waals surface area contributed by atoms with E-state index in [1.165, 1.54) is 12.8 Å². The number of carbonyl (C=O) groups is 4. The largest absolute Gasteiger partial charge is 0.394 e. The third-order valence-corrected chi connectivity index (χ3v) is 13.1. The number of hydrogen-bond donors (Lipinski definition) is 1. The van der Waals surface area contributed by atoms with Gasteiger partial charge in [0.15, 0.2) is 12.1 Å². The van der Waals surface area contributed by atoms with E-state index in [0.29, 0.717) is 30.2 Å². The van der Waals surface area contributed by atoms with Crippen LogP contribution in [0.15, 0.2) is 0 Å². The van der Waals surface area contributed by atoms with Crippen LogP contribution >= 0.6 is 0 Å². The van der Waals surface area contributed by atoms with Gasteiger partial charge in [0.25, 0.3) is 0 Å². The van der Waals surface area contributed by atoms with Crippen LogP contribution in [0, 0.1) is 51.2 Å². The number of carbonyl (C=O) groups excluding carboxylic acids is 4. The van der Waals surface area contributed by atoms with E-state index < -0.39 is 6.29 Å². The topological polar surface area (TPSA) is 116 Å². The lowest BCUT2D eigenvalue weighted by Gasteiger charge is -2.59. The third-order valence-electron chi connectivity index (χ3n) is 13.1. The number of aldehydes is 2. The summed E-state index contributed by atoms with van der Waals surface area (Å²) < 4.78 is 17.7. The second-order valence-corrected chi connectivity index (χ2v) is 15.4. The first-order valence-electron chi connectivity index (χ1n) is 17.3. The lowest BCUT2D eigenvalue weighted by Crippen LogP contribution is -2.56. The second kappa shape index (κ2) is 13.3. The third kappa shape index (κ3) is 5.58. The average molecular weight is 619 g/mol. The van der Waals surface area contributed by atoms with E-state index in [1.54, 1.807) is 6.92 Å². The van der Waals surface area contributed by atoms with Crippen molar-refractivity contribution in [2.45, 2.75) is 138 Å². The molecule has 0 radical (unpaired) electrons. The lowest BCUT2D eigenvalue weighted by molar-refractivity contribution is -0.216. The number of rotatable bonds is 8. The molecule has 0 aromatic rings. The van der Waals surface area contributed by atoms with Crippen LogP contribution in [0.2, 0.25) is 0 Å². The zero-order valence-corrected chi connectivity index (χ0v) is 28.4. The molecule has 6 aliphatic rings. The lowest BCUT2D eigenvalue weighted by atomic mass is 9.46. The van der Waals surface area contributed by atoms with Gasteiger partial charge >= 0.3 is 0 Å². The van der Waals surface area contributed by atoms with Gasteiger partial charge in [0, 0.05) is 11.8 Å². The highest BCUT2D eigenvalue weighted by atomic mass is 16.7. The summed E-state index contributed by atoms with van der Waals surface area (Å²) in [4.78, 5) is 46.3. The Hall–Kier alpha value is -1.48. The molecule has 8 nitrogen and oxygen atoms in total. The van der Waals surface area contributed by atoms with E-state index in [-0.39, 0.29) is 76.7 Å². The van der Waals surface area contributed by atoms with Gasteiger partial charge in [-0.2, -0.15) is 0 Å². The van der Waals surface area contributed by atoms with Crippen LogP contribution in [0.1, 0.15) is 113 Å². The summed E-state index contributed by atoms with van der Waals surface area (Å²) in [7, 11) is 0. The van der Waals surface area contributed by atoms with Crippen molar-refractivity contribution in [3.8, 4) is 0 Å². The highest BCUT2D eigenvalue weighted by Crippen LogP contribution is 2.87. The Morgan fingerprint density at radius 3 is 2.25 bits per heavy atom. The molecule has 11 atom stereocenters. The van der Waals surface area contributed by atoms with E-state index in [9.17, 15) is 24.3 Å². The fourth-order valence-corrected chi connectivity index (χ4v) is 10.8. The molecule has 0 amide bonds. The Balaban J connectivity index is 0.000000496. The van der Waals surface area contributed by atoms with Crippen molar-refractivity contribution in [1.29, 1.82) is 0 Å². The average Bonchev–Trinajstić information content (AvgIpc) is 3.62. The molecule has 5 aliphatic carbocycles. The van der Waals surface area contributed by atoms with Gasteiger partial charge in [-0.25, -0.2) is 0 Å². The smallest absolute Gasteiger partial charge is 0.215 e. The number of ether oxygens (including phenoxy) is 3. The van der Waals surface area contributed by atoms with Gasteiger partial charge in [-0.1, -0.05) is 48.5 Å². The molecule has 6 rings (SSSR count). The minimum atomic E-state index is -1.00. The van der Waals surface area contributed by atoms with Gasteiger partial charge in [0.1, 0.15) is 24.8 Å². The van der Waals surface area contributed by atoms with Crippen LogP contribution in [0.5, 0.6) is 0 Å². The molecule has 0 aromatic heterocycles. The Morgan fingerprint density at radius 2 is 1.66 bits per heavy atom. The summed E-state index contributed by atoms with van der Waals surface area (Å²) in [6, 6.07) is 0. The summed E-state index contributed by atoms with van der Waals surface area (Å²) in [5.74, 6) is 2.06. The Labute approximate surface area is 264 Å². The standard InChI is InChI=1S/C29H42O7.C5H10O.C2H6/c1-26(2)20-7-6-18-23-24(33)25-19(5-4-17(14-31)35-25)27(23,3)10-11-28(18)16-29(20,28)9-8-21(26)36-22(15-32)34-13-12-30;1-4(2)5(3)6;1-2/h12,15,17-23,25,31H,4-11,13-14,16H2,1-3H3;4H,1-3H3;1-2H3. The van der Waals surface area contributed by atoms with E-state index in [2.05, 4.69) is 20.8 Å². The summed E-state index contributed by atoms with van der Waals surface area (Å²) in [6.45, 7) is 16.2. The van der Waals surface area contributed by atoms with Crippen LogP contribution in [0.3, 0.4) is 0 Å². The number of hydrogen-bond acceptors (Lipinski definition) is 8. The van der Waals surface area contributed by atoms with Gasteiger partial charge in [-0.3, -0.25) is 14.4 Å². The molecule has 11 unspecified atom stereocenters. The summed E-state index contributed by atoms with van der Waals surface area (Å²) >= 11 is 0. The molecule has 0 aromatic carbocycles. The van der Waals surface area contributed by atoms with Crippen LogP contribution in [0.25, 0.3) is 0 Å². The minimum absolute atomic E-state index is 0.000492. The molecule has 44 heavy (non-hydrogen) atoms. The fourth-order valence-electron chi connectivity index (χ4n) is 10.8. The quantitative estimate of drug-likeness (QED) is 0.270. The maximum Gasteiger partial charge on any atom is 0.215 e. The summed E-state index contributed by atoms with van der Waals surface area (Å²) in [5, 5.41) is 9.68. The van der Waals surface area contributed by atoms with Gasteiger partial charge in [0.2, 0.25) is 6.29 Å². The Bertz CT molecular complexity index is 1070. The van der Waals surface area contributed by atoms with Gasteiger partial charge in [-0.15, -0.1) is 0 Å². The maximum atomic E-state index is 13.9. The Kier molecular flexibility index (Phi) is 10.7. The zero-order chi connectivity index (χ0) is 32.7. The van der Waals surface area contributed by atoms with Crippen molar-refractivity contribution in [2.24, 2.45) is 51.2 Å². The van der Waals surface area contributed by atoms with E-state index in [1.807, 2.05) is 27.7 Å². The molecule has 5 saturated carbocycles. The van der Waals surface area contributed by atoms with Crippen molar-refractivity contribution >= 4 is 24.1 Å². The van der Waals surface area contributed by atoms with E-state index in [0.717, 1.165) is 44.9 Å². The number of Topliss-reactive ketones (excluding diaryl/α,β-unsaturated/α-hetero) is 2. The molecule has 1 N–H and O–H groups in total. The highest BCUT2D eigenvalue weighted by molar-refractivity contribution is 5.90. The van der Waals surface area contributed by atoms with Gasteiger partial charge in [0.05, 0.1) is 18.8 Å². The first-order valence-corrected chi connectivity index (χ1v) is 17.3. The zero-order valence-electron chi connectivity index (χ0n) is 28.4. The summed E-state index contributed by atoms with van der Waals surface area (Å²) in [5.41, 5.74) is 0.380. The SMILES string of the molecule is CC.CC(=O)C(C)C.CC1(C)C(OC(C=O)OCC=O)CCC23CC24CCC2(C)C5CCC(CO)OC5C(=O)C2C4CCC13. The molecule has 2 spiro atoms. The van der Waals surface area contributed by atoms with Crippen LogP contribution in [-0.4, -0.2) is 67.1 Å². The normalized spacial score (nSPS) is 43.2. The molecule has 250 valence electrons. The molecule has 0 bridgehead atoms. The van der Waals surface area contributed by atoms with Crippen molar-refractivity contribution in [3.63, 3.8) is 0 Å². The molecule has 1 heterocycles. The predicted octanol–water partition coefficient (Wildman–Crippen LogP) is 5.75. The van der Waals surface area contributed by atoms with Crippen molar-refractivity contribution < 1.29 is 38.5 Å². The molecular weight excluding hydrogens is 560 g/mol. The Morgan fingerprint density at radius 1 is 1.00 bits per heavy atom. The van der Waals surface area contributed by atoms with E-state index in [4.69, 9.17) is 14.2 Å².